The van der Waals surface area contributed by atoms with Gasteiger partial charge in [0.05, 0.1) is 0 Å². The highest BCUT2D eigenvalue weighted by molar-refractivity contribution is 4.92. The average Bonchev–Trinajstić information content (AvgIpc) is 2.84. The largest absolute Gasteiger partial charge is 0.314 e. The van der Waals surface area contributed by atoms with Gasteiger partial charge >= 0.3 is 0 Å². The molecule has 82 valence electrons. The van der Waals surface area contributed by atoms with Gasteiger partial charge in [0.2, 0.25) is 0 Å². The van der Waals surface area contributed by atoms with Crippen molar-refractivity contribution in [2.24, 2.45) is 5.92 Å². The minimum Gasteiger partial charge on any atom is -0.314 e. The molecular weight excluding hydrogens is 179 g/mol. The molecule has 2 fully saturated rings. The van der Waals surface area contributed by atoms with Crippen LogP contribution < -0.4 is 10.6 Å². The molecule has 2 aliphatic rings. The minimum atomic E-state index is -0.235. The summed E-state index contributed by atoms with van der Waals surface area (Å²) in [6.07, 6.45) is 6.51. The van der Waals surface area contributed by atoms with E-state index in [0.29, 0.717) is 18.6 Å². The summed E-state index contributed by atoms with van der Waals surface area (Å²) in [4.78, 5) is 0. The Bertz CT molecular complexity index is 169. The van der Waals surface area contributed by atoms with Gasteiger partial charge in [-0.3, -0.25) is 0 Å². The van der Waals surface area contributed by atoms with Gasteiger partial charge in [-0.25, -0.2) is 4.39 Å². The van der Waals surface area contributed by atoms with Crippen molar-refractivity contribution in [3.05, 3.63) is 0 Å². The van der Waals surface area contributed by atoms with Crippen molar-refractivity contribution in [3.63, 3.8) is 0 Å². The lowest BCUT2D eigenvalue weighted by molar-refractivity contribution is 0.311. The molecule has 1 heterocycles. The summed E-state index contributed by atoms with van der Waals surface area (Å²) in [7, 11) is 0. The zero-order chi connectivity index (χ0) is 9.80. The number of hydrogen-bond donors (Lipinski definition) is 2. The van der Waals surface area contributed by atoms with Gasteiger partial charge in [0.1, 0.15) is 6.67 Å². The molecule has 2 nitrogen and oxygen atoms in total. The molecule has 2 N–H and O–H groups in total. The molecule has 0 aromatic carbocycles. The lowest BCUT2D eigenvalue weighted by Crippen LogP contribution is -2.42. The number of hydrogen-bond acceptors (Lipinski definition) is 2. The molecule has 14 heavy (non-hydrogen) atoms. The molecule has 3 unspecified atom stereocenters. The molecule has 1 aliphatic carbocycles. The van der Waals surface area contributed by atoms with Crippen molar-refractivity contribution in [2.45, 2.75) is 44.2 Å². The summed E-state index contributed by atoms with van der Waals surface area (Å²) in [5, 5.41) is 6.91. The Balaban J connectivity index is 1.82. The van der Waals surface area contributed by atoms with Crippen molar-refractivity contribution >= 4 is 0 Å². The molecule has 0 amide bonds. The van der Waals surface area contributed by atoms with Crippen molar-refractivity contribution < 1.29 is 4.39 Å². The normalized spacial score (nSPS) is 37.9. The molecule has 3 atom stereocenters. The van der Waals surface area contributed by atoms with E-state index in [0.717, 1.165) is 5.92 Å². The summed E-state index contributed by atoms with van der Waals surface area (Å²) in [5.41, 5.74) is 0. The molecule has 2 rings (SSSR count). The van der Waals surface area contributed by atoms with Crippen LogP contribution >= 0.6 is 0 Å². The van der Waals surface area contributed by atoms with Crippen molar-refractivity contribution in [2.75, 3.05) is 19.8 Å². The van der Waals surface area contributed by atoms with Crippen LogP contribution in [0, 0.1) is 5.92 Å². The second kappa shape index (κ2) is 5.08. The molecule has 1 aliphatic heterocycles. The van der Waals surface area contributed by atoms with Gasteiger partial charge in [-0.15, -0.1) is 0 Å². The van der Waals surface area contributed by atoms with E-state index in [-0.39, 0.29) is 6.67 Å². The van der Waals surface area contributed by atoms with Crippen LogP contribution in [0.2, 0.25) is 0 Å². The Morgan fingerprint density at radius 3 is 2.86 bits per heavy atom. The summed E-state index contributed by atoms with van der Waals surface area (Å²) < 4.78 is 12.1. The third-order valence-electron chi connectivity index (χ3n) is 3.69. The summed E-state index contributed by atoms with van der Waals surface area (Å²) >= 11 is 0. The molecule has 0 aromatic rings. The van der Waals surface area contributed by atoms with Gasteiger partial charge in [-0.2, -0.15) is 0 Å². The zero-order valence-corrected chi connectivity index (χ0v) is 8.77. The van der Waals surface area contributed by atoms with Crippen LogP contribution in [0.5, 0.6) is 0 Å². The molecule has 1 saturated heterocycles. The van der Waals surface area contributed by atoms with Crippen LogP contribution in [0.1, 0.15) is 32.1 Å². The van der Waals surface area contributed by atoms with E-state index in [4.69, 9.17) is 0 Å². The molecule has 0 spiro atoms. The Hall–Kier alpha value is -0.150. The zero-order valence-electron chi connectivity index (χ0n) is 8.77. The van der Waals surface area contributed by atoms with Crippen molar-refractivity contribution in [1.82, 2.24) is 10.6 Å². The molecule has 1 saturated carbocycles. The number of alkyl halides is 1. The minimum absolute atomic E-state index is 0.235. The first-order chi connectivity index (χ1) is 6.92. The average molecular weight is 200 g/mol. The number of rotatable bonds is 4. The van der Waals surface area contributed by atoms with E-state index in [1.165, 1.54) is 38.6 Å². The van der Waals surface area contributed by atoms with Crippen molar-refractivity contribution in [3.8, 4) is 0 Å². The van der Waals surface area contributed by atoms with Crippen LogP contribution in [0.15, 0.2) is 0 Å². The fourth-order valence-electron chi connectivity index (χ4n) is 3.04. The lowest BCUT2D eigenvalue weighted by Gasteiger charge is -2.26. The SMILES string of the molecule is FCCNC1CCCC1C1CCCN1. The number of halogens is 1. The first kappa shape index (κ1) is 10.4. The predicted molar refractivity (Wildman–Crippen MR) is 56.1 cm³/mol. The summed E-state index contributed by atoms with van der Waals surface area (Å²) in [6.45, 7) is 1.48. The first-order valence-electron chi connectivity index (χ1n) is 5.94. The maximum Gasteiger partial charge on any atom is 0.102 e. The summed E-state index contributed by atoms with van der Waals surface area (Å²) in [5.74, 6) is 0.754. The van der Waals surface area contributed by atoms with Gasteiger partial charge in [0.25, 0.3) is 0 Å². The Kier molecular flexibility index (Phi) is 3.76. The van der Waals surface area contributed by atoms with Gasteiger partial charge in [0.15, 0.2) is 0 Å². The number of nitrogens with one attached hydrogen (secondary N) is 2. The van der Waals surface area contributed by atoms with E-state index < -0.39 is 0 Å². The Morgan fingerprint density at radius 1 is 1.21 bits per heavy atom. The fourth-order valence-corrected chi connectivity index (χ4v) is 3.04. The van der Waals surface area contributed by atoms with Gasteiger partial charge in [-0.05, 0) is 38.1 Å². The van der Waals surface area contributed by atoms with E-state index >= 15 is 0 Å². The van der Waals surface area contributed by atoms with Crippen LogP contribution in [0.25, 0.3) is 0 Å². The molecule has 0 bridgehead atoms. The third-order valence-corrected chi connectivity index (χ3v) is 3.69. The first-order valence-corrected chi connectivity index (χ1v) is 5.94. The monoisotopic (exact) mass is 200 g/mol. The van der Waals surface area contributed by atoms with Crippen LogP contribution in [0.3, 0.4) is 0 Å². The van der Waals surface area contributed by atoms with Gasteiger partial charge in [-0.1, -0.05) is 6.42 Å². The van der Waals surface area contributed by atoms with E-state index in [2.05, 4.69) is 10.6 Å². The van der Waals surface area contributed by atoms with Crippen LogP contribution in [0.4, 0.5) is 4.39 Å². The maximum atomic E-state index is 12.1. The van der Waals surface area contributed by atoms with Crippen LogP contribution in [-0.4, -0.2) is 31.8 Å². The van der Waals surface area contributed by atoms with Crippen molar-refractivity contribution in [1.29, 1.82) is 0 Å². The smallest absolute Gasteiger partial charge is 0.102 e. The van der Waals surface area contributed by atoms with Gasteiger partial charge in [0, 0.05) is 18.6 Å². The molecule has 0 aromatic heterocycles. The van der Waals surface area contributed by atoms with E-state index in [1.54, 1.807) is 0 Å². The second-order valence-corrected chi connectivity index (χ2v) is 4.55. The quantitative estimate of drug-likeness (QED) is 0.718. The summed E-state index contributed by atoms with van der Waals surface area (Å²) in [6, 6.07) is 1.27. The highest BCUT2D eigenvalue weighted by atomic mass is 19.1. The van der Waals surface area contributed by atoms with E-state index in [9.17, 15) is 4.39 Å². The lowest BCUT2D eigenvalue weighted by atomic mass is 9.93. The third kappa shape index (κ3) is 2.26. The topological polar surface area (TPSA) is 24.1 Å². The standard InChI is InChI=1S/C11H21FN2/c12-6-8-14-10-4-1-3-9(10)11-5-2-7-13-11/h9-11,13-14H,1-8H2. The molecular formula is C11H21FN2. The van der Waals surface area contributed by atoms with Crippen LogP contribution in [-0.2, 0) is 0 Å². The highest BCUT2D eigenvalue weighted by Gasteiger charge is 2.34. The molecule has 0 radical (unpaired) electrons. The van der Waals surface area contributed by atoms with E-state index in [1.807, 2.05) is 0 Å². The maximum absolute atomic E-state index is 12.1. The Morgan fingerprint density at radius 2 is 2.14 bits per heavy atom. The van der Waals surface area contributed by atoms with Gasteiger partial charge < -0.3 is 10.6 Å². The Labute approximate surface area is 85.6 Å². The molecule has 3 heteroatoms. The predicted octanol–water partition coefficient (Wildman–Crippen LogP) is 1.47. The fraction of sp³-hybridized carbons (Fsp3) is 1.00. The highest BCUT2D eigenvalue weighted by Crippen LogP contribution is 2.31. The second-order valence-electron chi connectivity index (χ2n) is 4.55.